The van der Waals surface area contributed by atoms with Gasteiger partial charge in [-0.25, -0.2) is 0 Å². The van der Waals surface area contributed by atoms with Gasteiger partial charge in [0.25, 0.3) is 0 Å². The second-order valence-electron chi connectivity index (χ2n) is 6.28. The van der Waals surface area contributed by atoms with Gasteiger partial charge in [-0.15, -0.1) is 0 Å². The zero-order chi connectivity index (χ0) is 17.9. The number of guanidine groups is 1. The highest BCUT2D eigenvalue weighted by molar-refractivity contribution is 5.80. The summed E-state index contributed by atoms with van der Waals surface area (Å²) < 4.78 is 16.1. The molecule has 0 amide bonds. The SMILES string of the molecule is CN=C(NCCCOCc1ccc(OC)cc1)N1CCC(COC)C1. The van der Waals surface area contributed by atoms with Gasteiger partial charge in [0.05, 0.1) is 20.3 Å². The fourth-order valence-electron chi connectivity index (χ4n) is 3.02. The lowest BCUT2D eigenvalue weighted by molar-refractivity contribution is 0.119. The highest BCUT2D eigenvalue weighted by atomic mass is 16.5. The number of hydrogen-bond donors (Lipinski definition) is 1. The predicted molar refractivity (Wildman–Crippen MR) is 100 cm³/mol. The summed E-state index contributed by atoms with van der Waals surface area (Å²) in [5.41, 5.74) is 1.16. The molecule has 25 heavy (non-hydrogen) atoms. The van der Waals surface area contributed by atoms with Crippen molar-refractivity contribution in [1.29, 1.82) is 0 Å². The van der Waals surface area contributed by atoms with Crippen LogP contribution in [0.5, 0.6) is 5.75 Å². The minimum absolute atomic E-state index is 0.608. The van der Waals surface area contributed by atoms with Crippen LogP contribution in [-0.4, -0.2) is 65.0 Å². The molecule has 6 heteroatoms. The zero-order valence-electron chi connectivity index (χ0n) is 15.7. The van der Waals surface area contributed by atoms with Crippen molar-refractivity contribution in [3.05, 3.63) is 29.8 Å². The molecule has 1 aromatic rings. The average Bonchev–Trinajstić information content (AvgIpc) is 3.10. The number of aliphatic imine (C=N–C) groups is 1. The van der Waals surface area contributed by atoms with E-state index in [4.69, 9.17) is 14.2 Å². The summed E-state index contributed by atoms with van der Waals surface area (Å²) in [5, 5.41) is 3.43. The minimum atomic E-state index is 0.608. The van der Waals surface area contributed by atoms with Crippen molar-refractivity contribution >= 4 is 5.96 Å². The molecule has 1 heterocycles. The Hall–Kier alpha value is -1.79. The van der Waals surface area contributed by atoms with E-state index in [0.717, 1.165) is 56.5 Å². The Balaban J connectivity index is 1.58. The van der Waals surface area contributed by atoms with Gasteiger partial charge >= 0.3 is 0 Å². The fourth-order valence-corrected chi connectivity index (χ4v) is 3.02. The highest BCUT2D eigenvalue weighted by Crippen LogP contribution is 2.16. The van der Waals surface area contributed by atoms with Crippen LogP contribution in [-0.2, 0) is 16.1 Å². The van der Waals surface area contributed by atoms with Crippen LogP contribution in [0, 0.1) is 5.92 Å². The number of likely N-dealkylation sites (tertiary alicyclic amines) is 1. The molecule has 2 rings (SSSR count). The molecule has 0 aliphatic carbocycles. The van der Waals surface area contributed by atoms with Gasteiger partial charge in [-0.3, -0.25) is 4.99 Å². The average molecular weight is 349 g/mol. The maximum atomic E-state index is 5.73. The van der Waals surface area contributed by atoms with E-state index in [2.05, 4.69) is 15.2 Å². The molecule has 1 aliphatic rings. The van der Waals surface area contributed by atoms with Crippen molar-refractivity contribution in [2.75, 3.05) is 54.1 Å². The van der Waals surface area contributed by atoms with Crippen LogP contribution < -0.4 is 10.1 Å². The largest absolute Gasteiger partial charge is 0.497 e. The molecule has 1 N–H and O–H groups in total. The van der Waals surface area contributed by atoms with Gasteiger partial charge in [-0.1, -0.05) is 12.1 Å². The van der Waals surface area contributed by atoms with Gasteiger partial charge < -0.3 is 24.4 Å². The molecule has 0 spiro atoms. The summed E-state index contributed by atoms with van der Waals surface area (Å²) in [6.45, 7) is 5.10. The Kier molecular flexibility index (Phi) is 8.55. The molecule has 1 fully saturated rings. The predicted octanol–water partition coefficient (Wildman–Crippen LogP) is 2.15. The van der Waals surface area contributed by atoms with Gasteiger partial charge in [0.2, 0.25) is 0 Å². The van der Waals surface area contributed by atoms with Crippen molar-refractivity contribution in [3.8, 4) is 5.75 Å². The Morgan fingerprint density at radius 3 is 2.76 bits per heavy atom. The van der Waals surface area contributed by atoms with Crippen molar-refractivity contribution < 1.29 is 14.2 Å². The zero-order valence-corrected chi connectivity index (χ0v) is 15.7. The number of ether oxygens (including phenoxy) is 3. The molecule has 0 aromatic heterocycles. The standard InChI is InChI=1S/C19H31N3O3/c1-20-19(22-11-9-17(13-22)14-23-2)21-10-4-12-25-15-16-5-7-18(24-3)8-6-16/h5-8,17H,4,9-15H2,1-3H3,(H,20,21). The number of benzene rings is 1. The molecule has 1 unspecified atom stereocenters. The molecular weight excluding hydrogens is 318 g/mol. The van der Waals surface area contributed by atoms with E-state index in [0.29, 0.717) is 12.5 Å². The molecule has 0 radical (unpaired) electrons. The van der Waals surface area contributed by atoms with Crippen molar-refractivity contribution in [1.82, 2.24) is 10.2 Å². The number of hydrogen-bond acceptors (Lipinski definition) is 4. The first-order chi connectivity index (χ1) is 12.3. The Bertz CT molecular complexity index is 519. The van der Waals surface area contributed by atoms with Gasteiger partial charge in [0.1, 0.15) is 5.75 Å². The van der Waals surface area contributed by atoms with Crippen molar-refractivity contribution in [2.24, 2.45) is 10.9 Å². The molecule has 140 valence electrons. The van der Waals surface area contributed by atoms with E-state index in [9.17, 15) is 0 Å². The van der Waals surface area contributed by atoms with E-state index < -0.39 is 0 Å². The number of methoxy groups -OCH3 is 2. The Morgan fingerprint density at radius 1 is 1.28 bits per heavy atom. The Morgan fingerprint density at radius 2 is 2.08 bits per heavy atom. The Labute approximate surface area is 151 Å². The van der Waals surface area contributed by atoms with Crippen LogP contribution in [0.2, 0.25) is 0 Å². The lowest BCUT2D eigenvalue weighted by Gasteiger charge is -2.21. The molecule has 1 aliphatic heterocycles. The molecule has 1 atom stereocenters. The van der Waals surface area contributed by atoms with Gasteiger partial charge in [-0.05, 0) is 30.5 Å². The van der Waals surface area contributed by atoms with E-state index >= 15 is 0 Å². The van der Waals surface area contributed by atoms with E-state index in [-0.39, 0.29) is 0 Å². The third-order valence-electron chi connectivity index (χ3n) is 4.38. The summed E-state index contributed by atoms with van der Waals surface area (Å²) in [4.78, 5) is 6.69. The smallest absolute Gasteiger partial charge is 0.193 e. The second-order valence-corrected chi connectivity index (χ2v) is 6.28. The maximum absolute atomic E-state index is 5.73. The molecule has 1 saturated heterocycles. The first-order valence-electron chi connectivity index (χ1n) is 8.92. The number of rotatable bonds is 9. The number of nitrogens with zero attached hydrogens (tertiary/aromatic N) is 2. The monoisotopic (exact) mass is 349 g/mol. The summed E-state index contributed by atoms with van der Waals surface area (Å²) in [7, 11) is 5.28. The van der Waals surface area contributed by atoms with Crippen molar-refractivity contribution in [2.45, 2.75) is 19.4 Å². The maximum Gasteiger partial charge on any atom is 0.193 e. The molecule has 0 saturated carbocycles. The van der Waals surface area contributed by atoms with Crippen molar-refractivity contribution in [3.63, 3.8) is 0 Å². The molecular formula is C19H31N3O3. The van der Waals surface area contributed by atoms with E-state index in [1.807, 2.05) is 31.3 Å². The minimum Gasteiger partial charge on any atom is -0.497 e. The summed E-state index contributed by atoms with van der Waals surface area (Å²) in [5.74, 6) is 2.46. The highest BCUT2D eigenvalue weighted by Gasteiger charge is 2.24. The second kappa shape index (κ2) is 10.9. The summed E-state index contributed by atoms with van der Waals surface area (Å²) in [6, 6.07) is 7.97. The van der Waals surface area contributed by atoms with E-state index in [1.54, 1.807) is 14.2 Å². The van der Waals surface area contributed by atoms with Crippen LogP contribution >= 0.6 is 0 Å². The first kappa shape index (κ1) is 19.5. The van der Waals surface area contributed by atoms with Crippen LogP contribution in [0.4, 0.5) is 0 Å². The first-order valence-corrected chi connectivity index (χ1v) is 8.92. The van der Waals surface area contributed by atoms with Crippen LogP contribution in [0.1, 0.15) is 18.4 Å². The molecule has 6 nitrogen and oxygen atoms in total. The third kappa shape index (κ3) is 6.55. The quantitative estimate of drug-likeness (QED) is 0.421. The molecule has 1 aromatic carbocycles. The van der Waals surface area contributed by atoms with E-state index in [1.165, 1.54) is 6.42 Å². The normalized spacial score (nSPS) is 17.8. The van der Waals surface area contributed by atoms with Gasteiger partial charge in [0, 0.05) is 46.3 Å². The van der Waals surface area contributed by atoms with Crippen LogP contribution in [0.25, 0.3) is 0 Å². The van der Waals surface area contributed by atoms with Crippen LogP contribution in [0.3, 0.4) is 0 Å². The summed E-state index contributed by atoms with van der Waals surface area (Å²) in [6.07, 6.45) is 2.12. The fraction of sp³-hybridized carbons (Fsp3) is 0.632. The number of nitrogens with one attached hydrogen (secondary N) is 1. The lowest BCUT2D eigenvalue weighted by Crippen LogP contribution is -2.40. The van der Waals surface area contributed by atoms with Gasteiger partial charge in [0.15, 0.2) is 5.96 Å². The van der Waals surface area contributed by atoms with Crippen LogP contribution in [0.15, 0.2) is 29.3 Å². The topological polar surface area (TPSA) is 55.3 Å². The lowest BCUT2D eigenvalue weighted by atomic mass is 10.1. The molecule has 0 bridgehead atoms. The summed E-state index contributed by atoms with van der Waals surface area (Å²) >= 11 is 0. The third-order valence-corrected chi connectivity index (χ3v) is 4.38. The van der Waals surface area contributed by atoms with Gasteiger partial charge in [-0.2, -0.15) is 0 Å².